The van der Waals surface area contributed by atoms with E-state index in [4.69, 9.17) is 6.42 Å². The average molecular weight is 369 g/mol. The summed E-state index contributed by atoms with van der Waals surface area (Å²) in [5, 5.41) is 2.87. The summed E-state index contributed by atoms with van der Waals surface area (Å²) >= 11 is 0. The highest BCUT2D eigenvalue weighted by atomic mass is 16.1. The van der Waals surface area contributed by atoms with E-state index in [-0.39, 0.29) is 11.7 Å². The number of hydrogen-bond acceptors (Lipinski definition) is 3. The van der Waals surface area contributed by atoms with Gasteiger partial charge in [-0.05, 0) is 41.5 Å². The highest BCUT2D eigenvalue weighted by molar-refractivity contribution is 6.04. The van der Waals surface area contributed by atoms with Crippen LogP contribution in [0.25, 0.3) is 6.08 Å². The van der Waals surface area contributed by atoms with Crippen molar-refractivity contribution in [3.8, 4) is 12.3 Å². The Labute approximate surface area is 163 Å². The molecule has 1 amide bonds. The fraction of sp³-hybridized carbons (Fsp3) is 0.0870. The van der Waals surface area contributed by atoms with E-state index in [1.165, 1.54) is 6.08 Å². The smallest absolute Gasteiger partial charge is 0.251 e. The van der Waals surface area contributed by atoms with E-state index in [9.17, 15) is 9.59 Å². The minimum Gasteiger partial charge on any atom is -0.348 e. The molecule has 1 N–H and O–H groups in total. The van der Waals surface area contributed by atoms with Gasteiger partial charge in [0.25, 0.3) is 5.91 Å². The molecular formula is C23H19N3O2. The van der Waals surface area contributed by atoms with Gasteiger partial charge in [-0.15, -0.1) is 6.42 Å². The third-order valence-corrected chi connectivity index (χ3v) is 4.22. The predicted octanol–water partition coefficient (Wildman–Crippen LogP) is 3.23. The van der Waals surface area contributed by atoms with Crippen molar-refractivity contribution in [3.63, 3.8) is 0 Å². The fourth-order valence-electron chi connectivity index (χ4n) is 2.60. The van der Waals surface area contributed by atoms with Crippen molar-refractivity contribution < 1.29 is 9.59 Å². The highest BCUT2D eigenvalue weighted by Gasteiger charge is 2.07. The van der Waals surface area contributed by atoms with Crippen LogP contribution in [-0.4, -0.2) is 21.2 Å². The molecule has 1 heterocycles. The van der Waals surface area contributed by atoms with E-state index in [1.54, 1.807) is 54.3 Å². The van der Waals surface area contributed by atoms with E-state index >= 15 is 0 Å². The summed E-state index contributed by atoms with van der Waals surface area (Å²) in [6.07, 6.45) is 11.9. The van der Waals surface area contributed by atoms with E-state index < -0.39 is 0 Å². The number of ketones is 1. The summed E-state index contributed by atoms with van der Waals surface area (Å²) in [5.41, 5.74) is 3.15. The number of aryl methyl sites for hydroxylation is 1. The molecule has 1 aromatic heterocycles. The summed E-state index contributed by atoms with van der Waals surface area (Å²) in [5.74, 6) is 2.60. The lowest BCUT2D eigenvalue weighted by atomic mass is 10.1. The molecule has 0 saturated carbocycles. The van der Waals surface area contributed by atoms with Crippen LogP contribution in [0.5, 0.6) is 0 Å². The van der Waals surface area contributed by atoms with Gasteiger partial charge in [0, 0.05) is 37.1 Å². The minimum atomic E-state index is -0.159. The average Bonchev–Trinajstić information content (AvgIpc) is 3.17. The molecule has 0 aliphatic carbocycles. The molecule has 5 heteroatoms. The van der Waals surface area contributed by atoms with Crippen molar-refractivity contribution in [1.82, 2.24) is 14.9 Å². The number of carbonyl (C=O) groups excluding carboxylic acids is 2. The molecule has 3 aromatic rings. The maximum atomic E-state index is 12.2. The van der Waals surface area contributed by atoms with Crippen LogP contribution >= 0.6 is 0 Å². The van der Waals surface area contributed by atoms with E-state index in [1.807, 2.05) is 24.3 Å². The second kappa shape index (κ2) is 8.65. The van der Waals surface area contributed by atoms with Crippen molar-refractivity contribution in [2.75, 3.05) is 0 Å². The highest BCUT2D eigenvalue weighted by Crippen LogP contribution is 2.09. The van der Waals surface area contributed by atoms with Crippen molar-refractivity contribution in [2.45, 2.75) is 6.54 Å². The number of nitrogens with zero attached hydrogens (tertiary/aromatic N) is 2. The monoisotopic (exact) mass is 369 g/mol. The molecule has 0 saturated heterocycles. The summed E-state index contributed by atoms with van der Waals surface area (Å²) in [6, 6.07) is 14.5. The molecule has 0 radical (unpaired) electrons. The lowest BCUT2D eigenvalue weighted by Crippen LogP contribution is -2.22. The molecule has 2 aromatic carbocycles. The first kappa shape index (κ1) is 18.9. The minimum absolute atomic E-state index is 0.153. The quantitative estimate of drug-likeness (QED) is 0.412. The van der Waals surface area contributed by atoms with Crippen LogP contribution in [0.3, 0.4) is 0 Å². The molecule has 0 atom stereocenters. The van der Waals surface area contributed by atoms with Crippen LogP contribution < -0.4 is 5.32 Å². The van der Waals surface area contributed by atoms with Gasteiger partial charge >= 0.3 is 0 Å². The Morgan fingerprint density at radius 2 is 1.86 bits per heavy atom. The van der Waals surface area contributed by atoms with Crippen LogP contribution in [0.1, 0.15) is 37.7 Å². The van der Waals surface area contributed by atoms with Crippen LogP contribution in [0, 0.1) is 12.3 Å². The number of aromatic nitrogens is 2. The molecule has 0 aliphatic heterocycles. The number of nitrogens with one attached hydrogen (secondary N) is 1. The number of allylic oxidation sites excluding steroid dienone is 1. The maximum absolute atomic E-state index is 12.2. The van der Waals surface area contributed by atoms with Crippen LogP contribution in [0.4, 0.5) is 0 Å². The Morgan fingerprint density at radius 1 is 1.14 bits per heavy atom. The summed E-state index contributed by atoms with van der Waals surface area (Å²) < 4.78 is 1.68. The molecule has 5 nitrogen and oxygen atoms in total. The van der Waals surface area contributed by atoms with Gasteiger partial charge in [0.2, 0.25) is 5.78 Å². The molecular weight excluding hydrogens is 350 g/mol. The van der Waals surface area contributed by atoms with E-state index in [0.717, 1.165) is 16.7 Å². The van der Waals surface area contributed by atoms with Crippen molar-refractivity contribution in [1.29, 1.82) is 0 Å². The van der Waals surface area contributed by atoms with Gasteiger partial charge in [-0.1, -0.05) is 36.3 Å². The lowest BCUT2D eigenvalue weighted by Gasteiger charge is -2.06. The van der Waals surface area contributed by atoms with Crippen LogP contribution in [0.2, 0.25) is 0 Å². The number of rotatable bonds is 6. The number of imidazole rings is 1. The summed E-state index contributed by atoms with van der Waals surface area (Å²) in [6.45, 7) is 0.409. The second-order valence-electron chi connectivity index (χ2n) is 6.21. The number of carbonyl (C=O) groups is 2. The molecule has 0 bridgehead atoms. The summed E-state index contributed by atoms with van der Waals surface area (Å²) in [7, 11) is 1.78. The third kappa shape index (κ3) is 4.63. The first-order chi connectivity index (χ1) is 13.6. The molecule has 138 valence electrons. The topological polar surface area (TPSA) is 64.0 Å². The summed E-state index contributed by atoms with van der Waals surface area (Å²) in [4.78, 5) is 28.3. The van der Waals surface area contributed by atoms with Crippen molar-refractivity contribution in [2.24, 2.45) is 7.05 Å². The van der Waals surface area contributed by atoms with Crippen LogP contribution in [-0.2, 0) is 13.6 Å². The molecule has 0 spiro atoms. The Kier molecular flexibility index (Phi) is 5.83. The van der Waals surface area contributed by atoms with Gasteiger partial charge < -0.3 is 9.88 Å². The zero-order valence-electron chi connectivity index (χ0n) is 15.4. The normalized spacial score (nSPS) is 10.6. The number of terminal acetylenes is 1. The van der Waals surface area contributed by atoms with Crippen molar-refractivity contribution in [3.05, 3.63) is 95.1 Å². The van der Waals surface area contributed by atoms with Gasteiger partial charge in [-0.25, -0.2) is 4.98 Å². The maximum Gasteiger partial charge on any atom is 0.251 e. The van der Waals surface area contributed by atoms with Gasteiger partial charge in [0.1, 0.15) is 0 Å². The fourth-order valence-corrected chi connectivity index (χ4v) is 2.60. The Hall–Kier alpha value is -3.91. The third-order valence-electron chi connectivity index (χ3n) is 4.22. The number of amides is 1. The Balaban J connectivity index is 1.56. The molecule has 0 fully saturated rings. The largest absolute Gasteiger partial charge is 0.348 e. The first-order valence-electron chi connectivity index (χ1n) is 8.70. The Bertz CT molecular complexity index is 1050. The number of hydrogen-bond donors (Lipinski definition) is 1. The zero-order valence-corrected chi connectivity index (χ0v) is 15.4. The molecule has 3 rings (SSSR count). The van der Waals surface area contributed by atoms with Gasteiger partial charge in [0.15, 0.2) is 5.82 Å². The zero-order chi connectivity index (χ0) is 19.9. The Morgan fingerprint density at radius 3 is 2.46 bits per heavy atom. The molecule has 0 aliphatic rings. The lowest BCUT2D eigenvalue weighted by molar-refractivity contribution is 0.0950. The van der Waals surface area contributed by atoms with Gasteiger partial charge in [0.05, 0.1) is 0 Å². The predicted molar refractivity (Wildman–Crippen MR) is 109 cm³/mol. The van der Waals surface area contributed by atoms with Gasteiger partial charge in [-0.2, -0.15) is 0 Å². The van der Waals surface area contributed by atoms with Crippen molar-refractivity contribution >= 4 is 17.8 Å². The first-order valence-corrected chi connectivity index (χ1v) is 8.70. The van der Waals surface area contributed by atoms with E-state index in [0.29, 0.717) is 17.9 Å². The number of benzene rings is 2. The molecule has 0 unspecified atom stereocenters. The molecule has 28 heavy (non-hydrogen) atoms. The SMILES string of the molecule is C#Cc1ccc(C(=O)NCc2ccc(/C=C/C(=O)c3nccn3C)cc2)cc1. The van der Waals surface area contributed by atoms with Crippen LogP contribution in [0.15, 0.2) is 67.0 Å². The second-order valence-corrected chi connectivity index (χ2v) is 6.21. The van der Waals surface area contributed by atoms with E-state index in [2.05, 4.69) is 16.2 Å². The van der Waals surface area contributed by atoms with Gasteiger partial charge in [-0.3, -0.25) is 9.59 Å². The standard InChI is InChI=1S/C23H19N3O2/c1-3-17-8-11-20(12-9-17)23(28)25-16-19-6-4-18(5-7-19)10-13-21(27)22-24-14-15-26(22)2/h1,4-15H,16H2,2H3,(H,25,28)/b13-10+.